The van der Waals surface area contributed by atoms with E-state index in [1.165, 1.54) is 12.1 Å². The topological polar surface area (TPSA) is 112 Å². The molecule has 0 heterocycles. The molecule has 0 aromatic heterocycles. The van der Waals surface area contributed by atoms with Crippen LogP contribution in [0.4, 0.5) is 11.4 Å². The summed E-state index contributed by atoms with van der Waals surface area (Å²) in [6.45, 7) is 1.36. The highest BCUT2D eigenvalue weighted by Crippen LogP contribution is 2.24. The molecule has 0 atom stereocenters. The van der Waals surface area contributed by atoms with Gasteiger partial charge in [0.05, 0.1) is 17.0 Å². The molecular formula is C9H11N3O3. The molecule has 0 fully saturated rings. The predicted octanol–water partition coefficient (Wildman–Crippen LogP) is 0.627. The Morgan fingerprint density at radius 2 is 2.13 bits per heavy atom. The molecule has 0 aliphatic rings. The normalized spacial score (nSPS) is 10.0. The molecule has 80 valence electrons. The molecule has 1 aromatic rings. The van der Waals surface area contributed by atoms with Gasteiger partial charge >= 0.3 is 0 Å². The van der Waals surface area contributed by atoms with Crippen LogP contribution in [0.1, 0.15) is 15.9 Å². The summed E-state index contributed by atoms with van der Waals surface area (Å²) in [5, 5.41) is 10.7. The van der Waals surface area contributed by atoms with Crippen molar-refractivity contribution in [1.29, 1.82) is 0 Å². The van der Waals surface area contributed by atoms with E-state index < -0.39 is 10.7 Å². The molecule has 0 spiro atoms. The van der Waals surface area contributed by atoms with Crippen LogP contribution in [-0.4, -0.2) is 17.3 Å². The van der Waals surface area contributed by atoms with E-state index in [-0.39, 0.29) is 17.8 Å². The second-order valence-corrected chi connectivity index (χ2v) is 3.11. The van der Waals surface area contributed by atoms with E-state index in [9.17, 15) is 14.9 Å². The monoisotopic (exact) mass is 209 g/mol. The highest BCUT2D eigenvalue weighted by molar-refractivity contribution is 6.02. The molecule has 0 bridgehead atoms. The average molecular weight is 209 g/mol. The summed E-state index contributed by atoms with van der Waals surface area (Å²) >= 11 is 0. The second-order valence-electron chi connectivity index (χ2n) is 3.11. The van der Waals surface area contributed by atoms with Crippen molar-refractivity contribution in [2.24, 2.45) is 5.73 Å². The summed E-state index contributed by atoms with van der Waals surface area (Å²) in [4.78, 5) is 21.4. The Morgan fingerprint density at radius 1 is 1.53 bits per heavy atom. The van der Waals surface area contributed by atoms with Crippen LogP contribution < -0.4 is 11.5 Å². The number of ketones is 1. The van der Waals surface area contributed by atoms with Crippen LogP contribution in [0, 0.1) is 17.0 Å². The average Bonchev–Trinajstić information content (AvgIpc) is 2.20. The number of nitrogens with zero attached hydrogens (tertiary/aromatic N) is 1. The van der Waals surface area contributed by atoms with Gasteiger partial charge in [0.1, 0.15) is 0 Å². The van der Waals surface area contributed by atoms with Crippen LogP contribution in [0.15, 0.2) is 12.1 Å². The Bertz CT molecular complexity index is 429. The Balaban J connectivity index is 3.41. The highest BCUT2D eigenvalue weighted by Gasteiger charge is 2.20. The zero-order chi connectivity index (χ0) is 11.6. The Labute approximate surface area is 86.0 Å². The number of nitrogens with two attached hydrogens (primary N) is 2. The van der Waals surface area contributed by atoms with Gasteiger partial charge in [-0.05, 0) is 18.6 Å². The van der Waals surface area contributed by atoms with Gasteiger partial charge in [0.2, 0.25) is 0 Å². The maximum atomic E-state index is 11.3. The van der Waals surface area contributed by atoms with Crippen LogP contribution in [-0.2, 0) is 0 Å². The van der Waals surface area contributed by atoms with Crippen molar-refractivity contribution in [3.63, 3.8) is 0 Å². The molecule has 0 radical (unpaired) electrons. The lowest BCUT2D eigenvalue weighted by atomic mass is 10.0. The van der Waals surface area contributed by atoms with E-state index in [2.05, 4.69) is 0 Å². The first-order valence-electron chi connectivity index (χ1n) is 4.25. The molecule has 1 aromatic carbocycles. The largest absolute Gasteiger partial charge is 0.398 e. The fourth-order valence-corrected chi connectivity index (χ4v) is 1.19. The number of rotatable bonds is 3. The number of Topliss-reactive ketones (excluding diaryl/α,β-unsaturated/α-hetero) is 1. The number of nitro benzene ring substituents is 1. The van der Waals surface area contributed by atoms with Crippen molar-refractivity contribution in [2.45, 2.75) is 6.92 Å². The maximum Gasteiger partial charge on any atom is 0.280 e. The second kappa shape index (κ2) is 4.05. The highest BCUT2D eigenvalue weighted by atomic mass is 16.6. The summed E-state index contributed by atoms with van der Waals surface area (Å²) in [7, 11) is 0. The van der Waals surface area contributed by atoms with Gasteiger partial charge in [-0.3, -0.25) is 14.9 Å². The van der Waals surface area contributed by atoms with Gasteiger partial charge in [0, 0.05) is 11.8 Å². The molecule has 1 rings (SSSR count). The van der Waals surface area contributed by atoms with Gasteiger partial charge in [0.25, 0.3) is 5.69 Å². The maximum absolute atomic E-state index is 11.3. The van der Waals surface area contributed by atoms with Crippen molar-refractivity contribution < 1.29 is 9.72 Å². The quantitative estimate of drug-likeness (QED) is 0.328. The minimum atomic E-state index is -0.616. The van der Waals surface area contributed by atoms with Crippen LogP contribution in [0.2, 0.25) is 0 Å². The van der Waals surface area contributed by atoms with Crippen molar-refractivity contribution in [1.82, 2.24) is 0 Å². The lowest BCUT2D eigenvalue weighted by Gasteiger charge is -2.04. The molecule has 15 heavy (non-hydrogen) atoms. The number of hydrogen-bond donors (Lipinski definition) is 2. The van der Waals surface area contributed by atoms with Gasteiger partial charge in [-0.15, -0.1) is 0 Å². The van der Waals surface area contributed by atoms with Crippen molar-refractivity contribution in [3.8, 4) is 0 Å². The molecule has 0 amide bonds. The standard InChI is InChI=1S/C9H11N3O3/c1-5-2-8(12(14)15)6(3-7(5)11)9(13)4-10/h2-3H,4,10-11H2,1H3. The number of anilines is 1. The first-order valence-corrected chi connectivity index (χ1v) is 4.25. The Morgan fingerprint density at radius 3 is 2.60 bits per heavy atom. The number of carbonyl (C=O) groups excluding carboxylic acids is 1. The number of carbonyl (C=O) groups is 1. The van der Waals surface area contributed by atoms with Crippen molar-refractivity contribution in [3.05, 3.63) is 33.4 Å². The molecule has 0 aliphatic carbocycles. The molecule has 0 saturated heterocycles. The Kier molecular flexibility index (Phi) is 3.01. The molecule has 0 unspecified atom stereocenters. The molecule has 0 aliphatic heterocycles. The van der Waals surface area contributed by atoms with Crippen LogP contribution in [0.25, 0.3) is 0 Å². The summed E-state index contributed by atoms with van der Waals surface area (Å²) < 4.78 is 0. The van der Waals surface area contributed by atoms with E-state index in [0.29, 0.717) is 11.3 Å². The fourth-order valence-electron chi connectivity index (χ4n) is 1.19. The van der Waals surface area contributed by atoms with Crippen LogP contribution >= 0.6 is 0 Å². The van der Waals surface area contributed by atoms with E-state index in [0.717, 1.165) is 0 Å². The molecule has 6 nitrogen and oxygen atoms in total. The molecule has 4 N–H and O–H groups in total. The molecule has 0 saturated carbocycles. The van der Waals surface area contributed by atoms with Crippen LogP contribution in [0.5, 0.6) is 0 Å². The lowest BCUT2D eigenvalue weighted by Crippen LogP contribution is -2.15. The first-order chi connectivity index (χ1) is 6.97. The number of nitrogen functional groups attached to an aromatic ring is 1. The van der Waals surface area contributed by atoms with E-state index in [4.69, 9.17) is 11.5 Å². The zero-order valence-corrected chi connectivity index (χ0v) is 8.19. The van der Waals surface area contributed by atoms with Crippen molar-refractivity contribution in [2.75, 3.05) is 12.3 Å². The first kappa shape index (κ1) is 11.1. The summed E-state index contributed by atoms with van der Waals surface area (Å²) in [5.74, 6) is -0.492. The third kappa shape index (κ3) is 2.10. The van der Waals surface area contributed by atoms with Gasteiger partial charge in [-0.1, -0.05) is 0 Å². The smallest absolute Gasteiger partial charge is 0.280 e. The van der Waals surface area contributed by atoms with E-state index in [1.807, 2.05) is 0 Å². The van der Waals surface area contributed by atoms with E-state index in [1.54, 1.807) is 6.92 Å². The van der Waals surface area contributed by atoms with Gasteiger partial charge < -0.3 is 11.5 Å². The summed E-state index contributed by atoms with van der Waals surface area (Å²) in [6, 6.07) is 2.57. The van der Waals surface area contributed by atoms with Crippen molar-refractivity contribution >= 4 is 17.2 Å². The Hall–Kier alpha value is -1.95. The number of aryl methyl sites for hydroxylation is 1. The molecule has 6 heteroatoms. The fraction of sp³-hybridized carbons (Fsp3) is 0.222. The third-order valence-electron chi connectivity index (χ3n) is 2.07. The number of benzene rings is 1. The zero-order valence-electron chi connectivity index (χ0n) is 8.19. The predicted molar refractivity (Wildman–Crippen MR) is 55.6 cm³/mol. The number of nitro groups is 1. The van der Waals surface area contributed by atoms with Gasteiger partial charge in [0.15, 0.2) is 5.78 Å². The third-order valence-corrected chi connectivity index (χ3v) is 2.07. The minimum Gasteiger partial charge on any atom is -0.398 e. The van der Waals surface area contributed by atoms with E-state index >= 15 is 0 Å². The lowest BCUT2D eigenvalue weighted by molar-refractivity contribution is -0.385. The molecular weight excluding hydrogens is 198 g/mol. The summed E-state index contributed by atoms with van der Waals surface area (Å²) in [5.41, 5.74) is 11.3. The van der Waals surface area contributed by atoms with Gasteiger partial charge in [-0.25, -0.2) is 0 Å². The minimum absolute atomic E-state index is 0.0365. The summed E-state index contributed by atoms with van der Waals surface area (Å²) in [6.07, 6.45) is 0. The van der Waals surface area contributed by atoms with Gasteiger partial charge in [-0.2, -0.15) is 0 Å². The van der Waals surface area contributed by atoms with Crippen LogP contribution in [0.3, 0.4) is 0 Å². The SMILES string of the molecule is Cc1cc([N+](=O)[O-])c(C(=O)CN)cc1N. The number of hydrogen-bond acceptors (Lipinski definition) is 5.